The van der Waals surface area contributed by atoms with E-state index in [1.54, 1.807) is 7.05 Å². The van der Waals surface area contributed by atoms with Crippen LogP contribution in [0.25, 0.3) is 0 Å². The maximum atomic E-state index is 12.1. The zero-order chi connectivity index (χ0) is 19.3. The maximum absolute atomic E-state index is 12.1. The molecule has 2 rings (SSSR count). The van der Waals surface area contributed by atoms with E-state index in [4.69, 9.17) is 11.6 Å². The molecule has 1 aromatic carbocycles. The molecule has 27 heavy (non-hydrogen) atoms. The lowest BCUT2D eigenvalue weighted by Gasteiger charge is -2.28. The fourth-order valence-electron chi connectivity index (χ4n) is 3.24. The molecule has 152 valence electrons. The number of amides is 1. The number of halogens is 2. The predicted octanol–water partition coefficient (Wildman–Crippen LogP) is 3.66. The SMILES string of the molecule is CN=C(NCC(C)(C)c1ccccc1Cl)NC1CCN(C(=O)C(C)C)C1.I. The van der Waals surface area contributed by atoms with Crippen LogP contribution in [0.2, 0.25) is 5.02 Å². The highest BCUT2D eigenvalue weighted by Gasteiger charge is 2.28. The Morgan fingerprint density at radius 3 is 2.63 bits per heavy atom. The second-order valence-electron chi connectivity index (χ2n) is 7.86. The van der Waals surface area contributed by atoms with Gasteiger partial charge in [-0.1, -0.05) is 57.5 Å². The van der Waals surface area contributed by atoms with Gasteiger partial charge in [-0.15, -0.1) is 24.0 Å². The zero-order valence-electron chi connectivity index (χ0n) is 16.9. The number of aliphatic imine (C=N–C) groups is 1. The molecule has 1 aliphatic heterocycles. The van der Waals surface area contributed by atoms with Gasteiger partial charge in [0.2, 0.25) is 5.91 Å². The summed E-state index contributed by atoms with van der Waals surface area (Å²) in [4.78, 5) is 18.4. The summed E-state index contributed by atoms with van der Waals surface area (Å²) in [5.41, 5.74) is 0.977. The minimum absolute atomic E-state index is 0. The number of likely N-dealkylation sites (tertiary alicyclic amines) is 1. The van der Waals surface area contributed by atoms with Gasteiger partial charge in [0.05, 0.1) is 0 Å². The largest absolute Gasteiger partial charge is 0.356 e. The molecular weight excluding hydrogens is 475 g/mol. The maximum Gasteiger partial charge on any atom is 0.225 e. The summed E-state index contributed by atoms with van der Waals surface area (Å²) in [6.07, 6.45) is 0.938. The second-order valence-corrected chi connectivity index (χ2v) is 8.27. The van der Waals surface area contributed by atoms with Crippen molar-refractivity contribution in [2.75, 3.05) is 26.7 Å². The molecule has 1 unspecified atom stereocenters. The molecule has 1 heterocycles. The van der Waals surface area contributed by atoms with E-state index in [0.29, 0.717) is 6.54 Å². The van der Waals surface area contributed by atoms with Crippen molar-refractivity contribution in [1.82, 2.24) is 15.5 Å². The van der Waals surface area contributed by atoms with Crippen LogP contribution in [0.1, 0.15) is 39.7 Å². The van der Waals surface area contributed by atoms with E-state index in [0.717, 1.165) is 36.1 Å². The molecule has 1 aromatic rings. The number of hydrogen-bond acceptors (Lipinski definition) is 2. The van der Waals surface area contributed by atoms with Gasteiger partial charge in [-0.2, -0.15) is 0 Å². The molecule has 1 amide bonds. The highest BCUT2D eigenvalue weighted by Crippen LogP contribution is 2.29. The zero-order valence-corrected chi connectivity index (χ0v) is 20.0. The molecule has 1 saturated heterocycles. The van der Waals surface area contributed by atoms with E-state index in [9.17, 15) is 4.79 Å². The molecule has 0 aromatic heterocycles. The van der Waals surface area contributed by atoms with Crippen molar-refractivity contribution in [3.63, 3.8) is 0 Å². The van der Waals surface area contributed by atoms with Gasteiger partial charge >= 0.3 is 0 Å². The van der Waals surface area contributed by atoms with Gasteiger partial charge < -0.3 is 15.5 Å². The highest BCUT2D eigenvalue weighted by molar-refractivity contribution is 14.0. The van der Waals surface area contributed by atoms with Gasteiger partial charge in [-0.05, 0) is 18.1 Å². The summed E-state index contributed by atoms with van der Waals surface area (Å²) in [5.74, 6) is 1.02. The predicted molar refractivity (Wildman–Crippen MR) is 124 cm³/mol. The topological polar surface area (TPSA) is 56.7 Å². The van der Waals surface area contributed by atoms with Gasteiger partial charge in [-0.3, -0.25) is 9.79 Å². The van der Waals surface area contributed by atoms with E-state index >= 15 is 0 Å². The Bertz CT molecular complexity index is 663. The van der Waals surface area contributed by atoms with Crippen molar-refractivity contribution in [2.24, 2.45) is 10.9 Å². The number of guanidine groups is 1. The monoisotopic (exact) mass is 506 g/mol. The van der Waals surface area contributed by atoms with E-state index in [1.807, 2.05) is 36.9 Å². The molecule has 0 spiro atoms. The van der Waals surface area contributed by atoms with Crippen molar-refractivity contribution >= 4 is 47.4 Å². The van der Waals surface area contributed by atoms with E-state index in [1.165, 1.54) is 0 Å². The van der Waals surface area contributed by atoms with Crippen LogP contribution in [0.4, 0.5) is 0 Å². The van der Waals surface area contributed by atoms with E-state index in [-0.39, 0.29) is 47.3 Å². The molecule has 5 nitrogen and oxygen atoms in total. The molecule has 0 radical (unpaired) electrons. The third kappa shape index (κ3) is 6.52. The van der Waals surface area contributed by atoms with Crippen molar-refractivity contribution < 1.29 is 4.79 Å². The van der Waals surface area contributed by atoms with Crippen molar-refractivity contribution in [3.05, 3.63) is 34.9 Å². The van der Waals surface area contributed by atoms with Gasteiger partial charge in [0, 0.05) is 49.1 Å². The lowest BCUT2D eigenvalue weighted by atomic mass is 9.84. The fourth-order valence-corrected chi connectivity index (χ4v) is 3.63. The Kier molecular flexibility index (Phi) is 9.34. The minimum atomic E-state index is -0.134. The standard InChI is InChI=1S/C20H31ClN4O.HI/c1-14(2)18(26)25-11-10-15(12-25)24-19(22-5)23-13-20(3,4)16-8-6-7-9-17(16)21;/h6-9,14-15H,10-13H2,1-5H3,(H2,22,23,24);1H. The summed E-state index contributed by atoms with van der Waals surface area (Å²) in [7, 11) is 1.77. The van der Waals surface area contributed by atoms with E-state index in [2.05, 4.69) is 35.5 Å². The fraction of sp³-hybridized carbons (Fsp3) is 0.600. The minimum Gasteiger partial charge on any atom is -0.356 e. The van der Waals surface area contributed by atoms with Gasteiger partial charge in [0.1, 0.15) is 0 Å². The second kappa shape index (κ2) is 10.5. The highest BCUT2D eigenvalue weighted by atomic mass is 127. The Morgan fingerprint density at radius 1 is 1.37 bits per heavy atom. The quantitative estimate of drug-likeness (QED) is 0.364. The van der Waals surface area contributed by atoms with Crippen LogP contribution < -0.4 is 10.6 Å². The Hall–Kier alpha value is -1.02. The number of rotatable bonds is 5. The molecule has 1 fully saturated rings. The van der Waals surface area contributed by atoms with E-state index < -0.39 is 0 Å². The number of hydrogen-bond donors (Lipinski definition) is 2. The third-order valence-electron chi connectivity index (χ3n) is 4.86. The first-order valence-electron chi connectivity index (χ1n) is 9.25. The lowest BCUT2D eigenvalue weighted by molar-refractivity contribution is -0.133. The molecular formula is C20H32ClIN4O. The summed E-state index contributed by atoms with van der Waals surface area (Å²) in [6, 6.07) is 8.17. The van der Waals surface area contributed by atoms with Crippen LogP contribution in [0, 0.1) is 5.92 Å². The Labute approximate surface area is 185 Å². The summed E-state index contributed by atoms with van der Waals surface area (Å²) in [6.45, 7) is 10.4. The average molecular weight is 507 g/mol. The first kappa shape index (κ1) is 24.0. The van der Waals surface area contributed by atoms with Crippen LogP contribution in [-0.2, 0) is 10.2 Å². The number of benzene rings is 1. The molecule has 0 aliphatic carbocycles. The normalized spacial score (nSPS) is 17.7. The number of nitrogens with one attached hydrogen (secondary N) is 2. The first-order chi connectivity index (χ1) is 12.2. The number of carbonyl (C=O) groups is 1. The van der Waals surface area contributed by atoms with Gasteiger partial charge in [0.15, 0.2) is 5.96 Å². The smallest absolute Gasteiger partial charge is 0.225 e. The summed E-state index contributed by atoms with van der Waals surface area (Å²) < 4.78 is 0. The summed E-state index contributed by atoms with van der Waals surface area (Å²) >= 11 is 6.36. The molecule has 1 aliphatic rings. The molecule has 1 atom stereocenters. The van der Waals surface area contributed by atoms with Gasteiger partial charge in [0.25, 0.3) is 0 Å². The molecule has 0 saturated carbocycles. The van der Waals surface area contributed by atoms with Crippen molar-refractivity contribution in [1.29, 1.82) is 0 Å². The first-order valence-corrected chi connectivity index (χ1v) is 9.63. The molecule has 2 N–H and O–H groups in total. The average Bonchev–Trinajstić information content (AvgIpc) is 3.06. The van der Waals surface area contributed by atoms with Crippen LogP contribution >= 0.6 is 35.6 Å². The van der Waals surface area contributed by atoms with Crippen LogP contribution in [0.5, 0.6) is 0 Å². The number of nitrogens with zero attached hydrogens (tertiary/aromatic N) is 2. The lowest BCUT2D eigenvalue weighted by Crippen LogP contribution is -2.48. The van der Waals surface area contributed by atoms with Crippen LogP contribution in [-0.4, -0.2) is 49.5 Å². The Balaban J connectivity index is 0.00000364. The Morgan fingerprint density at radius 2 is 2.04 bits per heavy atom. The number of carbonyl (C=O) groups excluding carboxylic acids is 1. The van der Waals surface area contributed by atoms with Crippen molar-refractivity contribution in [3.8, 4) is 0 Å². The van der Waals surface area contributed by atoms with Crippen LogP contribution in [0.3, 0.4) is 0 Å². The third-order valence-corrected chi connectivity index (χ3v) is 5.19. The molecule has 7 heteroatoms. The summed E-state index contributed by atoms with van der Waals surface area (Å²) in [5, 5.41) is 7.62. The van der Waals surface area contributed by atoms with Crippen molar-refractivity contribution in [2.45, 2.75) is 45.6 Å². The molecule has 0 bridgehead atoms. The van der Waals surface area contributed by atoms with Gasteiger partial charge in [-0.25, -0.2) is 0 Å². The van der Waals surface area contributed by atoms with Crippen LogP contribution in [0.15, 0.2) is 29.3 Å².